The predicted molar refractivity (Wildman–Crippen MR) is 83.4 cm³/mol. The summed E-state index contributed by atoms with van der Waals surface area (Å²) >= 11 is 0. The van der Waals surface area contributed by atoms with Crippen LogP contribution in [0.5, 0.6) is 0 Å². The smallest absolute Gasteiger partial charge is 0.303 e. The first-order valence-corrected chi connectivity index (χ1v) is 7.51. The molecule has 1 amide bonds. The van der Waals surface area contributed by atoms with Crippen LogP contribution < -0.4 is 5.32 Å². The van der Waals surface area contributed by atoms with Crippen molar-refractivity contribution in [1.82, 2.24) is 5.32 Å². The van der Waals surface area contributed by atoms with E-state index in [0.717, 1.165) is 12.8 Å². The van der Waals surface area contributed by atoms with Crippen LogP contribution in [0.15, 0.2) is 24.3 Å². The predicted octanol–water partition coefficient (Wildman–Crippen LogP) is 3.12. The Morgan fingerprint density at radius 1 is 1.19 bits per heavy atom. The second kappa shape index (κ2) is 8.45. The number of hydrogen-bond donors (Lipinski definition) is 2. The fourth-order valence-electron chi connectivity index (χ4n) is 2.38. The largest absolute Gasteiger partial charge is 0.481 e. The zero-order chi connectivity index (χ0) is 15.8. The number of hydrogen-bond acceptors (Lipinski definition) is 2. The number of rotatable bonds is 8. The molecule has 0 saturated carbocycles. The van der Waals surface area contributed by atoms with E-state index in [1.165, 1.54) is 5.56 Å². The van der Waals surface area contributed by atoms with E-state index in [0.29, 0.717) is 18.0 Å². The number of carboxylic acid groups (broad SMARTS) is 1. The molecule has 1 aromatic carbocycles. The minimum Gasteiger partial charge on any atom is -0.481 e. The van der Waals surface area contributed by atoms with E-state index in [1.54, 1.807) is 0 Å². The molecule has 0 saturated heterocycles. The monoisotopic (exact) mass is 291 g/mol. The summed E-state index contributed by atoms with van der Waals surface area (Å²) < 4.78 is 0. The first-order valence-electron chi connectivity index (χ1n) is 7.51. The fourth-order valence-corrected chi connectivity index (χ4v) is 2.38. The van der Waals surface area contributed by atoms with E-state index < -0.39 is 5.97 Å². The Labute approximate surface area is 126 Å². The Balaban J connectivity index is 2.56. The van der Waals surface area contributed by atoms with Gasteiger partial charge in [0.1, 0.15) is 0 Å². The van der Waals surface area contributed by atoms with Crippen molar-refractivity contribution < 1.29 is 14.7 Å². The van der Waals surface area contributed by atoms with Crippen molar-refractivity contribution in [2.75, 3.05) is 6.54 Å². The highest BCUT2D eigenvalue weighted by Crippen LogP contribution is 2.15. The van der Waals surface area contributed by atoms with Gasteiger partial charge in [-0.05, 0) is 42.4 Å². The Morgan fingerprint density at radius 2 is 1.81 bits per heavy atom. The standard InChI is InChI=1S/C17H25NO3/c1-4-13-5-7-15(8-6-13)17(21)18-11-14(9-12(2)3)10-16(19)20/h5-8,12,14H,4,9-11H2,1-3H3,(H,18,21)(H,19,20)/t14-/m0/s1. The average molecular weight is 291 g/mol. The van der Waals surface area contributed by atoms with Crippen molar-refractivity contribution >= 4 is 11.9 Å². The van der Waals surface area contributed by atoms with Crippen molar-refractivity contribution in [3.63, 3.8) is 0 Å². The van der Waals surface area contributed by atoms with E-state index in [9.17, 15) is 9.59 Å². The van der Waals surface area contributed by atoms with Gasteiger partial charge in [0.05, 0.1) is 0 Å². The van der Waals surface area contributed by atoms with Gasteiger partial charge in [-0.25, -0.2) is 0 Å². The van der Waals surface area contributed by atoms with Gasteiger partial charge in [-0.2, -0.15) is 0 Å². The van der Waals surface area contributed by atoms with Gasteiger partial charge >= 0.3 is 5.97 Å². The van der Waals surface area contributed by atoms with Gasteiger partial charge in [-0.3, -0.25) is 9.59 Å². The lowest BCUT2D eigenvalue weighted by Crippen LogP contribution is -2.31. The van der Waals surface area contributed by atoms with E-state index in [1.807, 2.05) is 24.3 Å². The second-order valence-corrected chi connectivity index (χ2v) is 5.85. The van der Waals surface area contributed by atoms with E-state index >= 15 is 0 Å². The molecule has 2 N–H and O–H groups in total. The lowest BCUT2D eigenvalue weighted by Gasteiger charge is -2.17. The summed E-state index contributed by atoms with van der Waals surface area (Å²) in [4.78, 5) is 22.9. The lowest BCUT2D eigenvalue weighted by molar-refractivity contribution is -0.138. The molecule has 0 aliphatic heterocycles. The molecule has 21 heavy (non-hydrogen) atoms. The van der Waals surface area contributed by atoms with Gasteiger partial charge in [0.25, 0.3) is 5.91 Å². The van der Waals surface area contributed by atoms with E-state index in [-0.39, 0.29) is 18.2 Å². The molecule has 1 atom stereocenters. The molecule has 116 valence electrons. The van der Waals surface area contributed by atoms with Crippen molar-refractivity contribution in [2.24, 2.45) is 11.8 Å². The Hall–Kier alpha value is -1.84. The molecule has 0 fully saturated rings. The number of aliphatic carboxylic acids is 1. The molecule has 0 bridgehead atoms. The summed E-state index contributed by atoms with van der Waals surface area (Å²) in [6.45, 7) is 6.58. The number of amides is 1. The summed E-state index contributed by atoms with van der Waals surface area (Å²) in [5.41, 5.74) is 1.81. The third-order valence-corrected chi connectivity index (χ3v) is 3.44. The normalized spacial score (nSPS) is 12.2. The van der Waals surface area contributed by atoms with Crippen LogP contribution >= 0.6 is 0 Å². The maximum atomic E-state index is 12.1. The van der Waals surface area contributed by atoms with Crippen molar-refractivity contribution in [3.05, 3.63) is 35.4 Å². The highest BCUT2D eigenvalue weighted by molar-refractivity contribution is 5.94. The highest BCUT2D eigenvalue weighted by atomic mass is 16.4. The molecule has 4 heteroatoms. The number of carbonyl (C=O) groups excluding carboxylic acids is 1. The minimum absolute atomic E-state index is 0.0265. The Kier molecular flexibility index (Phi) is 6.92. The van der Waals surface area contributed by atoms with Crippen LogP contribution in [0.4, 0.5) is 0 Å². The minimum atomic E-state index is -0.817. The third kappa shape index (κ3) is 6.43. The molecule has 0 spiro atoms. The SMILES string of the molecule is CCc1ccc(C(=O)NC[C@H](CC(=O)O)CC(C)C)cc1. The summed E-state index contributed by atoms with van der Waals surface area (Å²) in [6.07, 6.45) is 1.82. The number of carboxylic acids is 1. The molecule has 1 rings (SSSR count). The molecule has 0 heterocycles. The molecular weight excluding hydrogens is 266 g/mol. The molecule has 0 aromatic heterocycles. The summed E-state index contributed by atoms with van der Waals surface area (Å²) in [7, 11) is 0. The molecule has 0 radical (unpaired) electrons. The van der Waals surface area contributed by atoms with E-state index in [2.05, 4.69) is 26.1 Å². The first kappa shape index (κ1) is 17.2. The molecule has 4 nitrogen and oxygen atoms in total. The van der Waals surface area contributed by atoms with Gasteiger partial charge in [-0.1, -0.05) is 32.9 Å². The average Bonchev–Trinajstić information content (AvgIpc) is 2.43. The van der Waals surface area contributed by atoms with Crippen molar-refractivity contribution in [2.45, 2.75) is 40.0 Å². The van der Waals surface area contributed by atoms with Gasteiger partial charge < -0.3 is 10.4 Å². The topological polar surface area (TPSA) is 66.4 Å². The molecular formula is C17H25NO3. The summed E-state index contributed by atoms with van der Waals surface area (Å²) in [6, 6.07) is 7.50. The molecule has 0 unspecified atom stereocenters. The van der Waals surface area contributed by atoms with Crippen LogP contribution in [0.1, 0.15) is 49.5 Å². The summed E-state index contributed by atoms with van der Waals surface area (Å²) in [5.74, 6) is -0.574. The number of nitrogens with one attached hydrogen (secondary N) is 1. The fraction of sp³-hybridized carbons (Fsp3) is 0.529. The van der Waals surface area contributed by atoms with Crippen LogP contribution in [0, 0.1) is 11.8 Å². The van der Waals surface area contributed by atoms with Crippen molar-refractivity contribution in [1.29, 1.82) is 0 Å². The van der Waals surface area contributed by atoms with Gasteiger partial charge in [0.2, 0.25) is 0 Å². The summed E-state index contributed by atoms with van der Waals surface area (Å²) in [5, 5.41) is 11.8. The Morgan fingerprint density at radius 3 is 2.29 bits per heavy atom. The molecule has 0 aliphatic rings. The van der Waals surface area contributed by atoms with Gasteiger partial charge in [-0.15, -0.1) is 0 Å². The van der Waals surface area contributed by atoms with Crippen LogP contribution in [0.3, 0.4) is 0 Å². The second-order valence-electron chi connectivity index (χ2n) is 5.85. The highest BCUT2D eigenvalue weighted by Gasteiger charge is 2.16. The maximum absolute atomic E-state index is 12.1. The number of aryl methyl sites for hydroxylation is 1. The van der Waals surface area contributed by atoms with Crippen LogP contribution in [0.25, 0.3) is 0 Å². The zero-order valence-electron chi connectivity index (χ0n) is 13.1. The molecule has 1 aromatic rings. The van der Waals surface area contributed by atoms with Gasteiger partial charge in [0.15, 0.2) is 0 Å². The number of benzene rings is 1. The molecule has 0 aliphatic carbocycles. The van der Waals surface area contributed by atoms with Crippen LogP contribution in [0.2, 0.25) is 0 Å². The van der Waals surface area contributed by atoms with Gasteiger partial charge in [0, 0.05) is 18.5 Å². The zero-order valence-corrected chi connectivity index (χ0v) is 13.1. The number of carbonyl (C=O) groups is 2. The lowest BCUT2D eigenvalue weighted by atomic mass is 9.94. The van der Waals surface area contributed by atoms with Crippen LogP contribution in [-0.4, -0.2) is 23.5 Å². The first-order chi connectivity index (χ1) is 9.92. The van der Waals surface area contributed by atoms with E-state index in [4.69, 9.17) is 5.11 Å². The van der Waals surface area contributed by atoms with Crippen LogP contribution in [-0.2, 0) is 11.2 Å². The Bertz CT molecular complexity index is 465. The third-order valence-electron chi connectivity index (χ3n) is 3.44. The van der Waals surface area contributed by atoms with Crippen molar-refractivity contribution in [3.8, 4) is 0 Å². The quantitative estimate of drug-likeness (QED) is 0.773. The maximum Gasteiger partial charge on any atom is 0.303 e.